The third-order valence-corrected chi connectivity index (χ3v) is 2.85. The zero-order valence-corrected chi connectivity index (χ0v) is 10.9. The summed E-state index contributed by atoms with van der Waals surface area (Å²) in [6, 6.07) is 4.21. The monoisotopic (exact) mass is 255 g/mol. The second-order valence-corrected chi connectivity index (χ2v) is 5.27. The van der Waals surface area contributed by atoms with Crippen molar-refractivity contribution >= 4 is 0 Å². The van der Waals surface area contributed by atoms with Crippen molar-refractivity contribution in [2.75, 3.05) is 0 Å². The number of halogens is 3. The largest absolute Gasteiger partial charge is 0.416 e. The molecule has 0 spiro atoms. The third kappa shape index (κ3) is 2.84. The third-order valence-electron chi connectivity index (χ3n) is 2.85. The zero-order valence-electron chi connectivity index (χ0n) is 10.9. The Morgan fingerprint density at radius 3 is 2.06 bits per heavy atom. The number of hydrogen-bond donors (Lipinski definition) is 0. The summed E-state index contributed by atoms with van der Waals surface area (Å²) in [7, 11) is 0. The van der Waals surface area contributed by atoms with Crippen molar-refractivity contribution in [3.63, 3.8) is 0 Å². The SMILES string of the molecule is CCc1cc(C(F)(F)F)cc(C(C)(C)C)c1C#N. The molecule has 1 aromatic carbocycles. The summed E-state index contributed by atoms with van der Waals surface area (Å²) in [6.45, 7) is 7.18. The molecule has 0 aliphatic heterocycles. The molecule has 0 fully saturated rings. The number of benzene rings is 1. The van der Waals surface area contributed by atoms with Crippen molar-refractivity contribution in [3.05, 3.63) is 34.4 Å². The molecule has 0 N–H and O–H groups in total. The lowest BCUT2D eigenvalue weighted by Crippen LogP contribution is -2.17. The lowest BCUT2D eigenvalue weighted by molar-refractivity contribution is -0.137. The van der Waals surface area contributed by atoms with Gasteiger partial charge in [-0.2, -0.15) is 18.4 Å². The summed E-state index contributed by atoms with van der Waals surface area (Å²) in [5.41, 5.74) is 0.117. The van der Waals surface area contributed by atoms with E-state index < -0.39 is 17.2 Å². The predicted octanol–water partition coefficient (Wildman–Crippen LogP) is 4.44. The number of alkyl halides is 3. The van der Waals surface area contributed by atoms with E-state index in [1.165, 1.54) is 0 Å². The van der Waals surface area contributed by atoms with Gasteiger partial charge in [-0.3, -0.25) is 0 Å². The molecule has 0 amide bonds. The molecule has 0 heterocycles. The average Bonchev–Trinajstić information content (AvgIpc) is 2.24. The quantitative estimate of drug-likeness (QED) is 0.728. The van der Waals surface area contributed by atoms with E-state index in [1.54, 1.807) is 6.92 Å². The van der Waals surface area contributed by atoms with E-state index in [2.05, 4.69) is 0 Å². The first-order valence-corrected chi connectivity index (χ1v) is 5.76. The molecule has 0 unspecified atom stereocenters. The van der Waals surface area contributed by atoms with Crippen LogP contribution in [0.4, 0.5) is 13.2 Å². The standard InChI is InChI=1S/C14H16F3N/c1-5-9-6-10(14(15,16)17)7-12(11(9)8-18)13(2,3)4/h6-7H,5H2,1-4H3. The van der Waals surface area contributed by atoms with Crippen LogP contribution in [-0.2, 0) is 18.0 Å². The van der Waals surface area contributed by atoms with Crippen LogP contribution in [-0.4, -0.2) is 0 Å². The number of hydrogen-bond acceptors (Lipinski definition) is 1. The van der Waals surface area contributed by atoms with E-state index in [-0.39, 0.29) is 0 Å². The smallest absolute Gasteiger partial charge is 0.192 e. The maximum atomic E-state index is 12.8. The van der Waals surface area contributed by atoms with Gasteiger partial charge in [-0.05, 0) is 35.1 Å². The summed E-state index contributed by atoms with van der Waals surface area (Å²) in [5.74, 6) is 0. The van der Waals surface area contributed by atoms with Crippen LogP contribution in [0.2, 0.25) is 0 Å². The van der Waals surface area contributed by atoms with Gasteiger partial charge in [0, 0.05) is 0 Å². The number of nitrogens with zero attached hydrogens (tertiary/aromatic N) is 1. The molecule has 0 saturated carbocycles. The molecule has 0 aromatic heterocycles. The van der Waals surface area contributed by atoms with Crippen LogP contribution < -0.4 is 0 Å². The highest BCUT2D eigenvalue weighted by atomic mass is 19.4. The van der Waals surface area contributed by atoms with Crippen LogP contribution in [0.3, 0.4) is 0 Å². The first kappa shape index (κ1) is 14.6. The summed E-state index contributed by atoms with van der Waals surface area (Å²) in [4.78, 5) is 0. The van der Waals surface area contributed by atoms with E-state index >= 15 is 0 Å². The van der Waals surface area contributed by atoms with Crippen LogP contribution in [0, 0.1) is 11.3 Å². The van der Waals surface area contributed by atoms with Crippen molar-refractivity contribution in [2.24, 2.45) is 0 Å². The first-order chi connectivity index (χ1) is 8.11. The molecule has 1 nitrogen and oxygen atoms in total. The van der Waals surface area contributed by atoms with E-state index in [4.69, 9.17) is 5.26 Å². The molecule has 98 valence electrons. The van der Waals surface area contributed by atoms with Gasteiger partial charge in [0.15, 0.2) is 0 Å². The Morgan fingerprint density at radius 2 is 1.72 bits per heavy atom. The van der Waals surface area contributed by atoms with E-state index in [0.29, 0.717) is 23.1 Å². The number of aryl methyl sites for hydroxylation is 1. The summed E-state index contributed by atoms with van der Waals surface area (Å²) < 4.78 is 38.5. The van der Waals surface area contributed by atoms with Gasteiger partial charge in [0.1, 0.15) is 0 Å². The highest BCUT2D eigenvalue weighted by Crippen LogP contribution is 2.36. The Bertz CT molecular complexity index is 487. The van der Waals surface area contributed by atoms with Crippen molar-refractivity contribution in [1.29, 1.82) is 5.26 Å². The molecule has 1 aromatic rings. The highest BCUT2D eigenvalue weighted by Gasteiger charge is 2.33. The molecule has 4 heteroatoms. The van der Waals surface area contributed by atoms with Gasteiger partial charge < -0.3 is 0 Å². The minimum absolute atomic E-state index is 0.373. The van der Waals surface area contributed by atoms with Gasteiger partial charge in [0.05, 0.1) is 17.2 Å². The second kappa shape index (κ2) is 4.64. The fraction of sp³-hybridized carbons (Fsp3) is 0.500. The van der Waals surface area contributed by atoms with Crippen LogP contribution in [0.1, 0.15) is 49.9 Å². The minimum atomic E-state index is -4.38. The second-order valence-electron chi connectivity index (χ2n) is 5.27. The molecule has 18 heavy (non-hydrogen) atoms. The topological polar surface area (TPSA) is 23.8 Å². The summed E-state index contributed by atoms with van der Waals surface area (Å²) >= 11 is 0. The zero-order chi connectivity index (χ0) is 14.1. The van der Waals surface area contributed by atoms with Gasteiger partial charge in [-0.25, -0.2) is 0 Å². The van der Waals surface area contributed by atoms with Crippen molar-refractivity contribution < 1.29 is 13.2 Å². The molecule has 0 aliphatic rings. The fourth-order valence-electron chi connectivity index (χ4n) is 1.87. The number of nitriles is 1. The maximum Gasteiger partial charge on any atom is 0.416 e. The molecule has 0 atom stereocenters. The van der Waals surface area contributed by atoms with Crippen LogP contribution in [0.25, 0.3) is 0 Å². The van der Waals surface area contributed by atoms with E-state index in [1.807, 2.05) is 26.8 Å². The van der Waals surface area contributed by atoms with Crippen molar-refractivity contribution in [1.82, 2.24) is 0 Å². The highest BCUT2D eigenvalue weighted by molar-refractivity contribution is 5.50. The van der Waals surface area contributed by atoms with Gasteiger partial charge >= 0.3 is 6.18 Å². The van der Waals surface area contributed by atoms with Crippen LogP contribution in [0.15, 0.2) is 12.1 Å². The van der Waals surface area contributed by atoms with Crippen LogP contribution >= 0.6 is 0 Å². The maximum absolute atomic E-state index is 12.8. The fourth-order valence-corrected chi connectivity index (χ4v) is 1.87. The van der Waals surface area contributed by atoms with Crippen molar-refractivity contribution in [2.45, 2.75) is 45.7 Å². The normalized spacial score (nSPS) is 12.3. The van der Waals surface area contributed by atoms with Gasteiger partial charge in [0.25, 0.3) is 0 Å². The van der Waals surface area contributed by atoms with E-state index in [9.17, 15) is 13.2 Å². The molecule has 0 saturated heterocycles. The minimum Gasteiger partial charge on any atom is -0.192 e. The lowest BCUT2D eigenvalue weighted by atomic mass is 9.81. The Morgan fingerprint density at radius 1 is 1.17 bits per heavy atom. The Balaban J connectivity index is 3.63. The Hall–Kier alpha value is -1.50. The molecule has 1 rings (SSSR count). The molecular weight excluding hydrogens is 239 g/mol. The number of rotatable bonds is 1. The van der Waals surface area contributed by atoms with Crippen LogP contribution in [0.5, 0.6) is 0 Å². The average molecular weight is 255 g/mol. The Kier molecular flexibility index (Phi) is 3.75. The van der Waals surface area contributed by atoms with E-state index in [0.717, 1.165) is 12.1 Å². The Labute approximate surface area is 105 Å². The first-order valence-electron chi connectivity index (χ1n) is 5.76. The molecular formula is C14H16F3N. The van der Waals surface area contributed by atoms with Crippen molar-refractivity contribution in [3.8, 4) is 6.07 Å². The molecule has 0 bridgehead atoms. The lowest BCUT2D eigenvalue weighted by Gasteiger charge is -2.23. The molecule has 0 radical (unpaired) electrons. The molecule has 0 aliphatic carbocycles. The van der Waals surface area contributed by atoms with Gasteiger partial charge in [-0.1, -0.05) is 27.7 Å². The van der Waals surface area contributed by atoms with Gasteiger partial charge in [0.2, 0.25) is 0 Å². The summed E-state index contributed by atoms with van der Waals surface area (Å²) in [5, 5.41) is 9.16. The van der Waals surface area contributed by atoms with Gasteiger partial charge in [-0.15, -0.1) is 0 Å². The predicted molar refractivity (Wildman–Crippen MR) is 64.2 cm³/mol. The summed E-state index contributed by atoms with van der Waals surface area (Å²) in [6.07, 6.45) is -3.96.